The van der Waals surface area contributed by atoms with Crippen LogP contribution in [0.2, 0.25) is 0 Å². The van der Waals surface area contributed by atoms with Crippen molar-refractivity contribution in [3.8, 4) is 0 Å². The van der Waals surface area contributed by atoms with Gasteiger partial charge in [-0.15, -0.1) is 0 Å². The third kappa shape index (κ3) is 2.22. The van der Waals surface area contributed by atoms with Gasteiger partial charge in [-0.2, -0.15) is 0 Å². The van der Waals surface area contributed by atoms with E-state index in [9.17, 15) is 0 Å². The van der Waals surface area contributed by atoms with Crippen molar-refractivity contribution in [3.63, 3.8) is 0 Å². The summed E-state index contributed by atoms with van der Waals surface area (Å²) in [5, 5.41) is 17.4. The molecule has 1 atom stereocenters. The lowest BCUT2D eigenvalue weighted by Gasteiger charge is -2.30. The third-order valence-electron chi connectivity index (χ3n) is 1.53. The Morgan fingerprint density at radius 3 is 2.00 bits per heavy atom. The largest absolute Gasteiger partial charge is 0.356 e. The minimum Gasteiger partial charge on any atom is -0.356 e. The van der Waals surface area contributed by atoms with Crippen molar-refractivity contribution in [1.82, 2.24) is 5.23 Å². The van der Waals surface area contributed by atoms with Crippen LogP contribution in [0.25, 0.3) is 0 Å². The summed E-state index contributed by atoms with van der Waals surface area (Å²) in [6.07, 6.45) is 0.522. The molecule has 62 valence electrons. The summed E-state index contributed by atoms with van der Waals surface area (Å²) in [7, 11) is 0. The lowest BCUT2D eigenvalue weighted by Crippen LogP contribution is -2.44. The fourth-order valence-electron chi connectivity index (χ4n) is 0.612. The van der Waals surface area contributed by atoms with Gasteiger partial charge >= 0.3 is 0 Å². The van der Waals surface area contributed by atoms with Crippen LogP contribution < -0.4 is 0 Å². The SMILES string of the molecule is CCOC(C)(CC)N(O)O. The minimum atomic E-state index is -0.964. The van der Waals surface area contributed by atoms with Crippen LogP contribution in [0.5, 0.6) is 0 Å². The molecule has 0 amide bonds. The molecule has 0 saturated heterocycles. The second-order valence-corrected chi connectivity index (χ2v) is 2.25. The summed E-state index contributed by atoms with van der Waals surface area (Å²) in [5.74, 6) is 0. The van der Waals surface area contributed by atoms with Crippen molar-refractivity contribution in [1.29, 1.82) is 0 Å². The van der Waals surface area contributed by atoms with Gasteiger partial charge in [0.15, 0.2) is 5.72 Å². The molecule has 0 saturated carbocycles. The predicted octanol–water partition coefficient (Wildman–Crippen LogP) is 1.23. The zero-order valence-corrected chi connectivity index (χ0v) is 6.66. The first-order valence-corrected chi connectivity index (χ1v) is 3.38. The van der Waals surface area contributed by atoms with Gasteiger partial charge in [0.05, 0.1) is 0 Å². The number of rotatable bonds is 4. The Labute approximate surface area is 60.9 Å². The second kappa shape index (κ2) is 3.88. The molecule has 0 bridgehead atoms. The highest BCUT2D eigenvalue weighted by Gasteiger charge is 2.28. The highest BCUT2D eigenvalue weighted by molar-refractivity contribution is 4.62. The first-order valence-electron chi connectivity index (χ1n) is 3.38. The second-order valence-electron chi connectivity index (χ2n) is 2.25. The Kier molecular flexibility index (Phi) is 3.81. The van der Waals surface area contributed by atoms with E-state index in [1.807, 2.05) is 6.92 Å². The quantitative estimate of drug-likeness (QED) is 0.466. The van der Waals surface area contributed by atoms with E-state index in [0.717, 1.165) is 0 Å². The molecule has 0 radical (unpaired) electrons. The number of nitrogens with zero attached hydrogens (tertiary/aromatic N) is 1. The molecule has 4 heteroatoms. The van der Waals surface area contributed by atoms with Gasteiger partial charge in [-0.1, -0.05) is 6.92 Å². The molecule has 4 nitrogen and oxygen atoms in total. The maximum absolute atomic E-state index is 8.67. The van der Waals surface area contributed by atoms with Gasteiger partial charge in [0.2, 0.25) is 0 Å². The van der Waals surface area contributed by atoms with Crippen LogP contribution in [0.15, 0.2) is 0 Å². The van der Waals surface area contributed by atoms with Gasteiger partial charge < -0.3 is 4.74 Å². The van der Waals surface area contributed by atoms with E-state index in [2.05, 4.69) is 0 Å². The standard InChI is InChI=1S/C6H15NO3/c1-4-6(3,7(8)9)10-5-2/h8-9H,4-5H2,1-3H3. The Bertz CT molecular complexity index is 97.0. The third-order valence-corrected chi connectivity index (χ3v) is 1.53. The molecule has 0 aromatic heterocycles. The van der Waals surface area contributed by atoms with Gasteiger partial charge in [-0.05, 0) is 25.5 Å². The Balaban J connectivity index is 3.94. The zero-order chi connectivity index (χ0) is 8.20. The lowest BCUT2D eigenvalue weighted by molar-refractivity contribution is -0.417. The summed E-state index contributed by atoms with van der Waals surface area (Å²) < 4.78 is 5.07. The molecule has 0 aromatic carbocycles. The maximum Gasteiger partial charge on any atom is 0.167 e. The normalized spacial score (nSPS) is 17.4. The average molecular weight is 149 g/mol. The van der Waals surface area contributed by atoms with Crippen molar-refractivity contribution in [2.75, 3.05) is 6.61 Å². The van der Waals surface area contributed by atoms with Crippen LogP contribution in [0.4, 0.5) is 0 Å². The number of hydrogen-bond acceptors (Lipinski definition) is 4. The average Bonchev–Trinajstić information content (AvgIpc) is 1.88. The molecule has 0 heterocycles. The van der Waals surface area contributed by atoms with Gasteiger partial charge in [0.25, 0.3) is 0 Å². The minimum absolute atomic E-state index is 0.108. The van der Waals surface area contributed by atoms with E-state index in [4.69, 9.17) is 15.2 Å². The molecular weight excluding hydrogens is 134 g/mol. The molecule has 0 aromatic rings. The summed E-state index contributed by atoms with van der Waals surface area (Å²) >= 11 is 0. The van der Waals surface area contributed by atoms with Crippen LogP contribution in [-0.2, 0) is 4.74 Å². The molecule has 0 aliphatic carbocycles. The van der Waals surface area contributed by atoms with E-state index in [1.54, 1.807) is 13.8 Å². The van der Waals surface area contributed by atoms with Crippen LogP contribution in [-0.4, -0.2) is 28.0 Å². The van der Waals surface area contributed by atoms with Crippen molar-refractivity contribution in [3.05, 3.63) is 0 Å². The molecule has 10 heavy (non-hydrogen) atoms. The van der Waals surface area contributed by atoms with Gasteiger partial charge in [0, 0.05) is 6.61 Å². The Hall–Kier alpha value is -0.160. The Morgan fingerprint density at radius 1 is 1.40 bits per heavy atom. The van der Waals surface area contributed by atoms with E-state index in [1.165, 1.54) is 0 Å². The molecule has 0 aliphatic heterocycles. The zero-order valence-electron chi connectivity index (χ0n) is 6.66. The molecule has 0 aliphatic rings. The first kappa shape index (κ1) is 9.84. The van der Waals surface area contributed by atoms with Crippen LogP contribution in [0.1, 0.15) is 27.2 Å². The summed E-state index contributed by atoms with van der Waals surface area (Å²) in [6, 6.07) is 0. The fourth-order valence-corrected chi connectivity index (χ4v) is 0.612. The number of hydrogen-bond donors (Lipinski definition) is 2. The molecule has 2 N–H and O–H groups in total. The summed E-state index contributed by atoms with van der Waals surface area (Å²) in [6.45, 7) is 5.69. The van der Waals surface area contributed by atoms with Gasteiger partial charge in [0.1, 0.15) is 0 Å². The van der Waals surface area contributed by atoms with Crippen molar-refractivity contribution >= 4 is 0 Å². The predicted molar refractivity (Wildman–Crippen MR) is 35.7 cm³/mol. The highest BCUT2D eigenvalue weighted by Crippen LogP contribution is 2.16. The highest BCUT2D eigenvalue weighted by atomic mass is 16.8. The van der Waals surface area contributed by atoms with Crippen LogP contribution in [0.3, 0.4) is 0 Å². The van der Waals surface area contributed by atoms with E-state index in [0.29, 0.717) is 13.0 Å². The number of hydroxylamine groups is 2. The monoisotopic (exact) mass is 149 g/mol. The first-order chi connectivity index (χ1) is 4.56. The molecule has 0 spiro atoms. The van der Waals surface area contributed by atoms with E-state index >= 15 is 0 Å². The topological polar surface area (TPSA) is 52.9 Å². The lowest BCUT2D eigenvalue weighted by atomic mass is 10.2. The Morgan fingerprint density at radius 2 is 1.90 bits per heavy atom. The summed E-state index contributed by atoms with van der Waals surface area (Å²) in [5.41, 5.74) is -0.964. The van der Waals surface area contributed by atoms with Gasteiger partial charge in [-0.25, -0.2) is 0 Å². The van der Waals surface area contributed by atoms with E-state index < -0.39 is 5.72 Å². The van der Waals surface area contributed by atoms with Gasteiger partial charge in [-0.3, -0.25) is 10.4 Å². The van der Waals surface area contributed by atoms with Crippen molar-refractivity contribution in [2.45, 2.75) is 32.9 Å². The van der Waals surface area contributed by atoms with Crippen LogP contribution in [0, 0.1) is 0 Å². The molecule has 0 fully saturated rings. The van der Waals surface area contributed by atoms with E-state index in [-0.39, 0.29) is 5.23 Å². The molecular formula is C6H15NO3. The molecule has 1 unspecified atom stereocenters. The molecule has 0 rings (SSSR count). The van der Waals surface area contributed by atoms with Crippen molar-refractivity contribution < 1.29 is 15.2 Å². The smallest absolute Gasteiger partial charge is 0.167 e. The van der Waals surface area contributed by atoms with Crippen molar-refractivity contribution in [2.24, 2.45) is 0 Å². The summed E-state index contributed by atoms with van der Waals surface area (Å²) in [4.78, 5) is 0. The maximum atomic E-state index is 8.67. The fraction of sp³-hybridized carbons (Fsp3) is 1.00. The van der Waals surface area contributed by atoms with Crippen LogP contribution >= 0.6 is 0 Å². The number of ether oxygens (including phenoxy) is 1.